The van der Waals surface area contributed by atoms with Crippen molar-refractivity contribution in [2.75, 3.05) is 13.7 Å². The average Bonchev–Trinajstić information content (AvgIpc) is 3.35. The van der Waals surface area contributed by atoms with E-state index in [1.807, 2.05) is 0 Å². The number of sulfone groups is 1. The molecule has 9 nitrogen and oxygen atoms in total. The molecule has 0 aliphatic rings. The first kappa shape index (κ1) is 24.6. The van der Waals surface area contributed by atoms with Crippen LogP contribution in [-0.4, -0.2) is 52.6 Å². The highest BCUT2D eigenvalue weighted by molar-refractivity contribution is 7.92. The minimum absolute atomic E-state index is 0.0206. The van der Waals surface area contributed by atoms with Crippen LogP contribution in [0.5, 0.6) is 0 Å². The molecular weight excluding hydrogens is 473 g/mol. The largest absolute Gasteiger partial charge is 0.414 e. The first-order chi connectivity index (χ1) is 16.8. The summed E-state index contributed by atoms with van der Waals surface area (Å²) in [5, 5.41) is 19.2. The van der Waals surface area contributed by atoms with Crippen molar-refractivity contribution in [1.29, 1.82) is 0 Å². The Morgan fingerprint density at radius 1 is 1.06 bits per heavy atom. The summed E-state index contributed by atoms with van der Waals surface area (Å²) in [6.45, 7) is 1.89. The van der Waals surface area contributed by atoms with Crippen LogP contribution in [0.15, 0.2) is 64.2 Å². The summed E-state index contributed by atoms with van der Waals surface area (Å²) in [5.74, 6) is -0.381. The van der Waals surface area contributed by atoms with Crippen LogP contribution >= 0.6 is 0 Å². The molecule has 2 aromatic carbocycles. The number of aromatic nitrogens is 4. The van der Waals surface area contributed by atoms with Gasteiger partial charge in [-0.2, -0.15) is 0 Å². The average molecular weight is 498 g/mol. The van der Waals surface area contributed by atoms with Crippen LogP contribution in [0.25, 0.3) is 34.3 Å². The van der Waals surface area contributed by atoms with Crippen LogP contribution in [0.3, 0.4) is 0 Å². The molecule has 0 saturated carbocycles. The number of aliphatic hydroxyl groups excluding tert-OH is 1. The van der Waals surface area contributed by atoms with Gasteiger partial charge in [-0.05, 0) is 50.2 Å². The molecule has 11 heteroatoms. The number of benzene rings is 2. The molecule has 0 aliphatic heterocycles. The molecule has 2 N–H and O–H groups in total. The molecule has 2 heterocycles. The predicted octanol–water partition coefficient (Wildman–Crippen LogP) is 3.26. The van der Waals surface area contributed by atoms with E-state index in [4.69, 9.17) is 9.52 Å². The van der Waals surface area contributed by atoms with E-state index in [0.29, 0.717) is 23.5 Å². The van der Waals surface area contributed by atoms with Gasteiger partial charge in [0.15, 0.2) is 9.84 Å². The standard InChI is InChI=1S/C24H24FN5O4S/c1-15(9-10-31)35(32,33)18-6-4-17(5-7-18)21-13-27-14-22(28-21)24-30-29-23(34-24)19-8-3-16(12-26-2)11-20(19)25/h3-8,11,13-15,26,31H,9-10,12H2,1-2H3. The third-order valence-electron chi connectivity index (χ3n) is 5.47. The third kappa shape index (κ3) is 5.26. The second-order valence-corrected chi connectivity index (χ2v) is 10.3. The van der Waals surface area contributed by atoms with E-state index in [9.17, 15) is 12.8 Å². The Morgan fingerprint density at radius 2 is 1.77 bits per heavy atom. The predicted molar refractivity (Wildman–Crippen MR) is 127 cm³/mol. The van der Waals surface area contributed by atoms with Crippen LogP contribution < -0.4 is 5.32 Å². The topological polar surface area (TPSA) is 131 Å². The van der Waals surface area contributed by atoms with Gasteiger partial charge in [-0.1, -0.05) is 18.2 Å². The van der Waals surface area contributed by atoms with Crippen molar-refractivity contribution in [2.45, 2.75) is 30.0 Å². The highest BCUT2D eigenvalue weighted by Gasteiger charge is 2.23. The Labute approximate surface area is 202 Å². The SMILES string of the molecule is CNCc1ccc(-c2nnc(-c3cncc(-c4ccc(S(=O)(=O)C(C)CCO)cc4)n3)o2)c(F)c1. The second-order valence-electron chi connectivity index (χ2n) is 7.94. The van der Waals surface area contributed by atoms with Gasteiger partial charge >= 0.3 is 0 Å². The summed E-state index contributed by atoms with van der Waals surface area (Å²) in [7, 11) is -1.77. The number of hydrogen-bond donors (Lipinski definition) is 2. The van der Waals surface area contributed by atoms with Crippen molar-refractivity contribution in [3.8, 4) is 34.3 Å². The maximum absolute atomic E-state index is 14.5. The molecular formula is C24H24FN5O4S. The number of hydrogen-bond acceptors (Lipinski definition) is 9. The van der Waals surface area contributed by atoms with E-state index in [2.05, 4.69) is 25.5 Å². The normalized spacial score (nSPS) is 12.6. The number of aliphatic hydroxyl groups is 1. The van der Waals surface area contributed by atoms with Crippen molar-refractivity contribution < 1.29 is 22.3 Å². The number of nitrogens with zero attached hydrogens (tertiary/aromatic N) is 4. The summed E-state index contributed by atoms with van der Waals surface area (Å²) in [5.41, 5.74) is 2.37. The van der Waals surface area contributed by atoms with Crippen molar-refractivity contribution in [3.63, 3.8) is 0 Å². The monoisotopic (exact) mass is 497 g/mol. The lowest BCUT2D eigenvalue weighted by Gasteiger charge is -2.12. The number of nitrogens with one attached hydrogen (secondary N) is 1. The van der Waals surface area contributed by atoms with E-state index >= 15 is 0 Å². The van der Waals surface area contributed by atoms with Gasteiger partial charge in [0.25, 0.3) is 11.8 Å². The van der Waals surface area contributed by atoms with Crippen LogP contribution in [0.4, 0.5) is 4.39 Å². The van der Waals surface area contributed by atoms with Gasteiger partial charge < -0.3 is 14.8 Å². The molecule has 1 atom stereocenters. The van der Waals surface area contributed by atoms with Gasteiger partial charge in [-0.25, -0.2) is 17.8 Å². The quantitative estimate of drug-likeness (QED) is 0.358. The van der Waals surface area contributed by atoms with Gasteiger partial charge in [0, 0.05) is 18.7 Å². The smallest absolute Gasteiger partial charge is 0.268 e. The molecule has 0 radical (unpaired) electrons. The van der Waals surface area contributed by atoms with Crippen molar-refractivity contribution in [3.05, 3.63) is 66.2 Å². The van der Waals surface area contributed by atoms with Crippen LogP contribution in [0, 0.1) is 5.82 Å². The Morgan fingerprint density at radius 3 is 2.46 bits per heavy atom. The zero-order valence-electron chi connectivity index (χ0n) is 19.1. The summed E-state index contributed by atoms with van der Waals surface area (Å²) in [4.78, 5) is 8.83. The van der Waals surface area contributed by atoms with E-state index in [1.54, 1.807) is 38.2 Å². The molecule has 0 spiro atoms. The molecule has 0 aliphatic carbocycles. The molecule has 4 aromatic rings. The van der Waals surface area contributed by atoms with E-state index in [1.165, 1.54) is 30.6 Å². The molecule has 2 aromatic heterocycles. The lowest BCUT2D eigenvalue weighted by Crippen LogP contribution is -2.19. The van der Waals surface area contributed by atoms with Crippen molar-refractivity contribution >= 4 is 9.84 Å². The second kappa shape index (κ2) is 10.4. The number of rotatable bonds is 9. The van der Waals surface area contributed by atoms with Crippen LogP contribution in [-0.2, 0) is 16.4 Å². The first-order valence-corrected chi connectivity index (χ1v) is 12.4. The van der Waals surface area contributed by atoms with Gasteiger partial charge in [-0.3, -0.25) is 4.98 Å². The molecule has 0 bridgehead atoms. The summed E-state index contributed by atoms with van der Waals surface area (Å²) >= 11 is 0. The van der Waals surface area contributed by atoms with Crippen molar-refractivity contribution in [2.24, 2.45) is 0 Å². The van der Waals surface area contributed by atoms with E-state index < -0.39 is 20.9 Å². The van der Waals surface area contributed by atoms with Gasteiger partial charge in [0.05, 0.1) is 33.8 Å². The Balaban J connectivity index is 1.58. The molecule has 4 rings (SSSR count). The van der Waals surface area contributed by atoms with Gasteiger partial charge in [0.1, 0.15) is 11.5 Å². The molecule has 35 heavy (non-hydrogen) atoms. The summed E-state index contributed by atoms with van der Waals surface area (Å²) < 4.78 is 45.4. The molecule has 0 fully saturated rings. The lowest BCUT2D eigenvalue weighted by atomic mass is 10.1. The lowest BCUT2D eigenvalue weighted by molar-refractivity contribution is 0.287. The summed E-state index contributed by atoms with van der Waals surface area (Å²) in [6, 6.07) is 11.0. The Hall–Kier alpha value is -3.54. The van der Waals surface area contributed by atoms with E-state index in [0.717, 1.165) is 5.56 Å². The maximum atomic E-state index is 14.5. The molecule has 0 saturated heterocycles. The van der Waals surface area contributed by atoms with Gasteiger partial charge in [0.2, 0.25) is 0 Å². The number of halogens is 1. The fourth-order valence-corrected chi connectivity index (χ4v) is 4.87. The first-order valence-electron chi connectivity index (χ1n) is 10.9. The Kier molecular flexibility index (Phi) is 7.29. The maximum Gasteiger partial charge on any atom is 0.268 e. The third-order valence-corrected chi connectivity index (χ3v) is 7.69. The van der Waals surface area contributed by atoms with Crippen LogP contribution in [0.2, 0.25) is 0 Å². The molecule has 0 amide bonds. The minimum atomic E-state index is -3.55. The zero-order chi connectivity index (χ0) is 25.0. The van der Waals surface area contributed by atoms with Crippen LogP contribution in [0.1, 0.15) is 18.9 Å². The van der Waals surface area contributed by atoms with Crippen molar-refractivity contribution in [1.82, 2.24) is 25.5 Å². The fraction of sp³-hybridized carbons (Fsp3) is 0.250. The van der Waals surface area contributed by atoms with Gasteiger partial charge in [-0.15, -0.1) is 10.2 Å². The van der Waals surface area contributed by atoms with E-state index in [-0.39, 0.29) is 35.3 Å². The highest BCUT2D eigenvalue weighted by Crippen LogP contribution is 2.27. The fourth-order valence-electron chi connectivity index (χ4n) is 3.47. The summed E-state index contributed by atoms with van der Waals surface area (Å²) in [6.07, 6.45) is 3.13. The highest BCUT2D eigenvalue weighted by atomic mass is 32.2. The molecule has 1 unspecified atom stereocenters. The zero-order valence-corrected chi connectivity index (χ0v) is 20.0. The Bertz CT molecular complexity index is 1420. The molecule has 182 valence electrons. The minimum Gasteiger partial charge on any atom is -0.414 e.